The topological polar surface area (TPSA) is 45.2 Å². The minimum atomic E-state index is -0.654. The lowest BCUT2D eigenvalue weighted by Gasteiger charge is -2.21. The number of hydrogen-bond donors (Lipinski definition) is 1. The number of fused-ring (bicyclic) bond motifs is 1. The number of carbonyl (C=O) groups excluding carboxylic acids is 1. The van der Waals surface area contributed by atoms with E-state index in [1.54, 1.807) is 23.1 Å². The summed E-state index contributed by atoms with van der Waals surface area (Å²) in [6, 6.07) is 8.51. The number of rotatable bonds is 6. The quantitative estimate of drug-likeness (QED) is 0.610. The van der Waals surface area contributed by atoms with E-state index in [-0.39, 0.29) is 12.5 Å². The van der Waals surface area contributed by atoms with E-state index < -0.39 is 11.6 Å². The van der Waals surface area contributed by atoms with Gasteiger partial charge in [0.15, 0.2) is 0 Å². The van der Waals surface area contributed by atoms with Crippen LogP contribution in [0.15, 0.2) is 42.6 Å². The highest BCUT2D eigenvalue weighted by Gasteiger charge is 2.20. The van der Waals surface area contributed by atoms with Gasteiger partial charge in [-0.1, -0.05) is 11.6 Å². The Labute approximate surface area is 167 Å². The number of aromatic nitrogens is 1. The Morgan fingerprint density at radius 3 is 2.43 bits per heavy atom. The molecule has 0 saturated heterocycles. The van der Waals surface area contributed by atoms with Crippen molar-refractivity contribution in [1.29, 1.82) is 0 Å². The molecule has 28 heavy (non-hydrogen) atoms. The highest BCUT2D eigenvalue weighted by atomic mass is 35.5. The number of halogens is 3. The number of benzene rings is 2. The van der Waals surface area contributed by atoms with Crippen molar-refractivity contribution >= 4 is 34.1 Å². The van der Waals surface area contributed by atoms with Crippen LogP contribution in [0.4, 0.5) is 14.5 Å². The molecular weight excluding hydrogens is 384 g/mol. The van der Waals surface area contributed by atoms with Crippen molar-refractivity contribution in [3.8, 4) is 0 Å². The zero-order valence-corrected chi connectivity index (χ0v) is 16.4. The predicted molar refractivity (Wildman–Crippen MR) is 108 cm³/mol. The molecular formula is C21H20ClF2N3O. The highest BCUT2D eigenvalue weighted by molar-refractivity contribution is 6.31. The van der Waals surface area contributed by atoms with Gasteiger partial charge in [0, 0.05) is 42.3 Å². The molecule has 2 aromatic carbocycles. The van der Waals surface area contributed by atoms with E-state index in [4.69, 9.17) is 11.6 Å². The third kappa shape index (κ3) is 4.22. The minimum absolute atomic E-state index is 0.138. The van der Waals surface area contributed by atoms with Gasteiger partial charge in [0.25, 0.3) is 5.91 Å². The van der Waals surface area contributed by atoms with Gasteiger partial charge in [0.1, 0.15) is 11.6 Å². The second-order valence-corrected chi connectivity index (χ2v) is 6.75. The molecule has 3 aromatic rings. The number of pyridine rings is 1. The van der Waals surface area contributed by atoms with Crippen LogP contribution >= 0.6 is 11.6 Å². The van der Waals surface area contributed by atoms with Crippen molar-refractivity contribution in [3.05, 3.63) is 70.4 Å². The molecule has 0 atom stereocenters. The van der Waals surface area contributed by atoms with Crippen molar-refractivity contribution in [1.82, 2.24) is 9.88 Å². The summed E-state index contributed by atoms with van der Waals surface area (Å²) in [6.45, 7) is 5.04. The average Bonchev–Trinajstić information content (AvgIpc) is 2.66. The Morgan fingerprint density at radius 2 is 1.79 bits per heavy atom. The number of carbonyl (C=O) groups is 1. The molecule has 4 nitrogen and oxygen atoms in total. The van der Waals surface area contributed by atoms with Crippen molar-refractivity contribution in [2.45, 2.75) is 20.4 Å². The average molecular weight is 404 g/mol. The SMILES string of the molecule is CCN(CC)C(=O)c1cnc2ccc(Cl)cc2c1NCc1cc(F)cc(F)c1. The number of anilines is 1. The molecule has 1 aromatic heterocycles. The molecule has 0 bridgehead atoms. The van der Waals surface area contributed by atoms with E-state index in [2.05, 4.69) is 10.3 Å². The first-order valence-electron chi connectivity index (χ1n) is 8.99. The van der Waals surface area contributed by atoms with E-state index in [0.717, 1.165) is 6.07 Å². The minimum Gasteiger partial charge on any atom is -0.380 e. The van der Waals surface area contributed by atoms with Crippen LogP contribution in [0.25, 0.3) is 10.9 Å². The molecule has 146 valence electrons. The maximum Gasteiger partial charge on any atom is 0.257 e. The Morgan fingerprint density at radius 1 is 1.11 bits per heavy atom. The van der Waals surface area contributed by atoms with Gasteiger partial charge in [-0.2, -0.15) is 0 Å². The maximum absolute atomic E-state index is 13.5. The van der Waals surface area contributed by atoms with Crippen LogP contribution < -0.4 is 5.32 Å². The van der Waals surface area contributed by atoms with Gasteiger partial charge < -0.3 is 10.2 Å². The van der Waals surface area contributed by atoms with E-state index in [9.17, 15) is 13.6 Å². The fourth-order valence-electron chi connectivity index (χ4n) is 3.10. The van der Waals surface area contributed by atoms with Gasteiger partial charge in [-0.25, -0.2) is 8.78 Å². The zero-order valence-electron chi connectivity index (χ0n) is 15.6. The van der Waals surface area contributed by atoms with Gasteiger partial charge in [-0.15, -0.1) is 0 Å². The van der Waals surface area contributed by atoms with Crippen LogP contribution in [-0.4, -0.2) is 28.9 Å². The summed E-state index contributed by atoms with van der Waals surface area (Å²) in [5.74, 6) is -1.48. The Kier molecular flexibility index (Phi) is 6.09. The number of nitrogens with one attached hydrogen (secondary N) is 1. The van der Waals surface area contributed by atoms with E-state index in [0.29, 0.717) is 45.8 Å². The fraction of sp³-hybridized carbons (Fsp3) is 0.238. The van der Waals surface area contributed by atoms with E-state index in [1.807, 2.05) is 13.8 Å². The third-order valence-electron chi connectivity index (χ3n) is 4.50. The summed E-state index contributed by atoms with van der Waals surface area (Å²) in [4.78, 5) is 19.0. The first-order chi connectivity index (χ1) is 13.4. The molecule has 3 rings (SSSR count). The maximum atomic E-state index is 13.5. The summed E-state index contributed by atoms with van der Waals surface area (Å²) in [5.41, 5.74) is 2.00. The monoisotopic (exact) mass is 403 g/mol. The fourth-order valence-corrected chi connectivity index (χ4v) is 3.27. The lowest BCUT2D eigenvalue weighted by atomic mass is 10.1. The summed E-state index contributed by atoms with van der Waals surface area (Å²) >= 11 is 6.15. The van der Waals surface area contributed by atoms with Crippen LogP contribution in [0.3, 0.4) is 0 Å². The molecule has 0 saturated carbocycles. The van der Waals surface area contributed by atoms with Crippen molar-refractivity contribution in [3.63, 3.8) is 0 Å². The molecule has 0 aliphatic carbocycles. The smallest absolute Gasteiger partial charge is 0.257 e. The third-order valence-corrected chi connectivity index (χ3v) is 4.74. The Hall–Kier alpha value is -2.73. The summed E-state index contributed by atoms with van der Waals surface area (Å²) in [7, 11) is 0. The number of nitrogens with zero attached hydrogens (tertiary/aromatic N) is 2. The summed E-state index contributed by atoms with van der Waals surface area (Å²) < 4.78 is 27.0. The second-order valence-electron chi connectivity index (χ2n) is 6.32. The van der Waals surface area contributed by atoms with Crippen LogP contribution in [0.5, 0.6) is 0 Å². The van der Waals surface area contributed by atoms with Crippen molar-refractivity contribution in [2.24, 2.45) is 0 Å². The lowest BCUT2D eigenvalue weighted by Crippen LogP contribution is -2.31. The van der Waals surface area contributed by atoms with Gasteiger partial charge in [-0.3, -0.25) is 9.78 Å². The van der Waals surface area contributed by atoms with Crippen molar-refractivity contribution < 1.29 is 13.6 Å². The molecule has 0 unspecified atom stereocenters. The van der Waals surface area contributed by atoms with Gasteiger partial charge in [-0.05, 0) is 49.7 Å². The largest absolute Gasteiger partial charge is 0.380 e. The second kappa shape index (κ2) is 8.52. The van der Waals surface area contributed by atoms with E-state index in [1.165, 1.54) is 18.3 Å². The molecule has 1 amide bonds. The van der Waals surface area contributed by atoms with Gasteiger partial charge >= 0.3 is 0 Å². The Balaban J connectivity index is 2.07. The summed E-state index contributed by atoms with van der Waals surface area (Å²) in [6.07, 6.45) is 1.52. The summed E-state index contributed by atoms with van der Waals surface area (Å²) in [5, 5.41) is 4.33. The first kappa shape index (κ1) is 20.0. The van der Waals surface area contributed by atoms with Crippen molar-refractivity contribution in [2.75, 3.05) is 18.4 Å². The van der Waals surface area contributed by atoms with Crippen LogP contribution in [0, 0.1) is 11.6 Å². The molecule has 0 aliphatic rings. The number of amides is 1. The molecule has 0 spiro atoms. The van der Waals surface area contributed by atoms with Crippen LogP contribution in [-0.2, 0) is 6.54 Å². The molecule has 7 heteroatoms. The molecule has 0 aliphatic heterocycles. The van der Waals surface area contributed by atoms with Crippen LogP contribution in [0.2, 0.25) is 5.02 Å². The Bertz CT molecular complexity index is 1000. The standard InChI is InChI=1S/C21H20ClF2N3O/c1-3-27(4-2)21(28)18-12-25-19-6-5-14(22)9-17(19)20(18)26-11-13-7-15(23)10-16(24)8-13/h5-10,12H,3-4,11H2,1-2H3,(H,25,26). The molecule has 1 heterocycles. The predicted octanol–water partition coefficient (Wildman–Crippen LogP) is 5.26. The lowest BCUT2D eigenvalue weighted by molar-refractivity contribution is 0.0773. The first-order valence-corrected chi connectivity index (χ1v) is 9.37. The molecule has 1 N–H and O–H groups in total. The number of hydrogen-bond acceptors (Lipinski definition) is 3. The molecule has 0 fully saturated rings. The normalized spacial score (nSPS) is 10.9. The van der Waals surface area contributed by atoms with Crippen LogP contribution in [0.1, 0.15) is 29.8 Å². The highest BCUT2D eigenvalue weighted by Crippen LogP contribution is 2.30. The van der Waals surface area contributed by atoms with Gasteiger partial charge in [0.2, 0.25) is 0 Å². The van der Waals surface area contributed by atoms with Gasteiger partial charge in [0.05, 0.1) is 16.8 Å². The van der Waals surface area contributed by atoms with E-state index >= 15 is 0 Å². The zero-order chi connectivity index (χ0) is 20.3. The molecule has 0 radical (unpaired) electrons.